The van der Waals surface area contributed by atoms with E-state index in [1.807, 2.05) is 13.8 Å². The fourth-order valence-electron chi connectivity index (χ4n) is 1.85. The quantitative estimate of drug-likeness (QED) is 0.794. The Bertz CT molecular complexity index is 790. The van der Waals surface area contributed by atoms with Gasteiger partial charge in [-0.2, -0.15) is 0 Å². The highest BCUT2D eigenvalue weighted by Crippen LogP contribution is 2.25. The van der Waals surface area contributed by atoms with Crippen LogP contribution in [0.25, 0.3) is 10.2 Å². The number of aromatic nitrogens is 2. The van der Waals surface area contributed by atoms with Gasteiger partial charge in [-0.3, -0.25) is 4.79 Å². The number of nitrogens with one attached hydrogen (secondary N) is 2. The molecular weight excluding hydrogens is 298 g/mol. The van der Waals surface area contributed by atoms with Gasteiger partial charge in [0.25, 0.3) is 5.56 Å². The van der Waals surface area contributed by atoms with Crippen LogP contribution in [0.2, 0.25) is 0 Å². The van der Waals surface area contributed by atoms with Gasteiger partial charge in [0.2, 0.25) is 0 Å². The molecule has 2 rings (SSSR count). The minimum absolute atomic E-state index is 0.0662. The molecule has 8 heteroatoms. The lowest BCUT2D eigenvalue weighted by atomic mass is 10.2. The first-order valence-corrected chi connectivity index (χ1v) is 9.03. The van der Waals surface area contributed by atoms with E-state index < -0.39 is 9.84 Å². The van der Waals surface area contributed by atoms with Crippen LogP contribution in [0, 0.1) is 13.8 Å². The fraction of sp³-hybridized carbons (Fsp3) is 0.500. The Kier molecular flexibility index (Phi) is 4.26. The van der Waals surface area contributed by atoms with Crippen LogP contribution in [0.4, 0.5) is 0 Å². The van der Waals surface area contributed by atoms with Crippen LogP contribution in [0.1, 0.15) is 16.3 Å². The third-order valence-corrected chi connectivity index (χ3v) is 5.08. The minimum Gasteiger partial charge on any atom is -0.309 e. The second-order valence-electron chi connectivity index (χ2n) is 4.78. The summed E-state index contributed by atoms with van der Waals surface area (Å²) >= 11 is 1.50. The molecule has 0 fully saturated rings. The molecule has 2 aromatic heterocycles. The predicted molar refractivity (Wildman–Crippen MR) is 81.1 cm³/mol. The third-order valence-electron chi connectivity index (χ3n) is 3.03. The molecule has 0 saturated heterocycles. The third kappa shape index (κ3) is 3.44. The largest absolute Gasteiger partial charge is 0.309 e. The van der Waals surface area contributed by atoms with E-state index in [-0.39, 0.29) is 11.3 Å². The van der Waals surface area contributed by atoms with Crippen molar-refractivity contribution in [1.29, 1.82) is 0 Å². The summed E-state index contributed by atoms with van der Waals surface area (Å²) < 4.78 is 22.0. The second-order valence-corrected chi connectivity index (χ2v) is 8.25. The molecule has 0 aliphatic carbocycles. The SMILES string of the molecule is Cc1sc2nc(CNCCS(C)(=O)=O)[nH]c(=O)c2c1C. The molecule has 20 heavy (non-hydrogen) atoms. The number of hydrogen-bond acceptors (Lipinski definition) is 6. The molecule has 0 unspecified atom stereocenters. The smallest absolute Gasteiger partial charge is 0.259 e. The molecule has 0 aromatic carbocycles. The lowest BCUT2D eigenvalue weighted by Crippen LogP contribution is -2.24. The average Bonchev–Trinajstić information content (AvgIpc) is 2.60. The Morgan fingerprint density at radius 3 is 2.70 bits per heavy atom. The van der Waals surface area contributed by atoms with Gasteiger partial charge in [0, 0.05) is 17.7 Å². The lowest BCUT2D eigenvalue weighted by molar-refractivity contribution is 0.595. The molecule has 2 aromatic rings. The van der Waals surface area contributed by atoms with Crippen molar-refractivity contribution < 1.29 is 8.42 Å². The average molecular weight is 315 g/mol. The summed E-state index contributed by atoms with van der Waals surface area (Å²) in [5.74, 6) is 0.591. The molecule has 0 saturated carbocycles. The molecule has 2 N–H and O–H groups in total. The van der Waals surface area contributed by atoms with Crippen molar-refractivity contribution in [3.05, 3.63) is 26.6 Å². The van der Waals surface area contributed by atoms with E-state index in [0.717, 1.165) is 15.3 Å². The van der Waals surface area contributed by atoms with Gasteiger partial charge in [0.15, 0.2) is 0 Å². The van der Waals surface area contributed by atoms with E-state index in [0.29, 0.717) is 24.3 Å². The van der Waals surface area contributed by atoms with E-state index in [2.05, 4.69) is 15.3 Å². The molecule has 2 heterocycles. The summed E-state index contributed by atoms with van der Waals surface area (Å²) in [7, 11) is -2.98. The summed E-state index contributed by atoms with van der Waals surface area (Å²) in [6.45, 7) is 4.56. The number of thiophene rings is 1. The Morgan fingerprint density at radius 2 is 2.05 bits per heavy atom. The fourth-order valence-corrected chi connectivity index (χ4v) is 3.41. The van der Waals surface area contributed by atoms with Gasteiger partial charge in [-0.1, -0.05) is 0 Å². The topological polar surface area (TPSA) is 91.9 Å². The van der Waals surface area contributed by atoms with Crippen LogP contribution in [-0.4, -0.2) is 36.9 Å². The van der Waals surface area contributed by atoms with Gasteiger partial charge in [-0.25, -0.2) is 13.4 Å². The Balaban J connectivity index is 2.14. The van der Waals surface area contributed by atoms with Crippen LogP contribution >= 0.6 is 11.3 Å². The van der Waals surface area contributed by atoms with Crippen molar-refractivity contribution in [3.63, 3.8) is 0 Å². The van der Waals surface area contributed by atoms with Crippen molar-refractivity contribution in [2.75, 3.05) is 18.6 Å². The Labute approximate surface area is 121 Å². The van der Waals surface area contributed by atoms with Crippen molar-refractivity contribution in [2.45, 2.75) is 20.4 Å². The summed E-state index contributed by atoms with van der Waals surface area (Å²) in [6, 6.07) is 0. The van der Waals surface area contributed by atoms with Crippen LogP contribution in [0.15, 0.2) is 4.79 Å². The van der Waals surface area contributed by atoms with Gasteiger partial charge in [-0.15, -0.1) is 11.3 Å². The zero-order valence-corrected chi connectivity index (χ0v) is 13.2. The normalized spacial score (nSPS) is 12.2. The molecule has 0 atom stereocenters. The van der Waals surface area contributed by atoms with Gasteiger partial charge < -0.3 is 10.3 Å². The van der Waals surface area contributed by atoms with Crippen LogP contribution < -0.4 is 10.9 Å². The molecule has 0 amide bonds. The molecule has 0 aliphatic heterocycles. The molecule has 110 valence electrons. The number of fused-ring (bicyclic) bond motifs is 1. The molecule has 0 radical (unpaired) electrons. The van der Waals surface area contributed by atoms with Crippen LogP contribution in [0.5, 0.6) is 0 Å². The molecule has 6 nitrogen and oxygen atoms in total. The summed E-state index contributed by atoms with van der Waals surface area (Å²) in [6.07, 6.45) is 1.19. The highest BCUT2D eigenvalue weighted by atomic mass is 32.2. The first-order chi connectivity index (χ1) is 9.28. The van der Waals surface area contributed by atoms with Gasteiger partial charge in [0.1, 0.15) is 20.5 Å². The molecule has 0 bridgehead atoms. The maximum Gasteiger partial charge on any atom is 0.259 e. The zero-order valence-electron chi connectivity index (χ0n) is 11.6. The van der Waals surface area contributed by atoms with Gasteiger partial charge >= 0.3 is 0 Å². The Hall–Kier alpha value is -1.25. The zero-order chi connectivity index (χ0) is 14.9. The van der Waals surface area contributed by atoms with Crippen molar-refractivity contribution in [1.82, 2.24) is 15.3 Å². The number of sulfone groups is 1. The van der Waals surface area contributed by atoms with Gasteiger partial charge in [0.05, 0.1) is 17.7 Å². The van der Waals surface area contributed by atoms with E-state index in [1.165, 1.54) is 17.6 Å². The standard InChI is InChI=1S/C12H17N3O3S2/c1-7-8(2)19-12-10(7)11(16)14-9(15-12)6-13-4-5-20(3,17)18/h13H,4-6H2,1-3H3,(H,14,15,16). The number of rotatable bonds is 5. The number of aryl methyl sites for hydroxylation is 2. The number of aromatic amines is 1. The monoisotopic (exact) mass is 315 g/mol. The molecular formula is C12H17N3O3S2. The highest BCUT2D eigenvalue weighted by molar-refractivity contribution is 7.90. The maximum atomic E-state index is 12.0. The van der Waals surface area contributed by atoms with Crippen molar-refractivity contribution in [2.24, 2.45) is 0 Å². The molecule has 0 spiro atoms. The van der Waals surface area contributed by atoms with E-state index in [1.54, 1.807) is 0 Å². The first kappa shape index (κ1) is 15.1. The number of nitrogens with zero attached hydrogens (tertiary/aromatic N) is 1. The van der Waals surface area contributed by atoms with E-state index in [9.17, 15) is 13.2 Å². The summed E-state index contributed by atoms with van der Waals surface area (Å²) in [4.78, 5) is 21.0. The predicted octanol–water partition coefficient (Wildman–Crippen LogP) is 0.736. The van der Waals surface area contributed by atoms with Crippen molar-refractivity contribution in [3.8, 4) is 0 Å². The molecule has 0 aliphatic rings. The summed E-state index contributed by atoms with van der Waals surface area (Å²) in [5.41, 5.74) is 0.826. The highest BCUT2D eigenvalue weighted by Gasteiger charge is 2.11. The van der Waals surface area contributed by atoms with Crippen LogP contribution in [0.3, 0.4) is 0 Å². The Morgan fingerprint density at radius 1 is 1.35 bits per heavy atom. The summed E-state index contributed by atoms with van der Waals surface area (Å²) in [5, 5.41) is 3.61. The number of hydrogen-bond donors (Lipinski definition) is 2. The lowest BCUT2D eigenvalue weighted by Gasteiger charge is -2.03. The van der Waals surface area contributed by atoms with E-state index in [4.69, 9.17) is 0 Å². The van der Waals surface area contributed by atoms with E-state index >= 15 is 0 Å². The maximum absolute atomic E-state index is 12.0. The van der Waals surface area contributed by atoms with Gasteiger partial charge in [-0.05, 0) is 19.4 Å². The second kappa shape index (κ2) is 5.63. The number of H-pyrrole nitrogens is 1. The van der Waals surface area contributed by atoms with Crippen LogP contribution in [-0.2, 0) is 16.4 Å². The first-order valence-electron chi connectivity index (χ1n) is 6.15. The van der Waals surface area contributed by atoms with Crippen molar-refractivity contribution >= 4 is 31.4 Å². The minimum atomic E-state index is -2.98.